The molecule has 0 bridgehead atoms. The summed E-state index contributed by atoms with van der Waals surface area (Å²) >= 11 is 0. The topological polar surface area (TPSA) is 53.5 Å². The fourth-order valence-corrected chi connectivity index (χ4v) is 6.24. The summed E-state index contributed by atoms with van der Waals surface area (Å²) in [4.78, 5) is 6.61. The fraction of sp³-hybridized carbons (Fsp3) is 0.476. The summed E-state index contributed by atoms with van der Waals surface area (Å²) in [7, 11) is -3.30. The lowest BCUT2D eigenvalue weighted by molar-refractivity contribution is 0.0678. The van der Waals surface area contributed by atoms with E-state index in [2.05, 4.69) is 22.0 Å². The van der Waals surface area contributed by atoms with Gasteiger partial charge in [-0.15, -0.1) is 0 Å². The number of aromatic nitrogens is 1. The fourth-order valence-electron chi connectivity index (χ4n) is 4.60. The molecule has 3 heterocycles. The molecule has 2 fully saturated rings. The number of rotatable bonds is 5. The highest BCUT2D eigenvalue weighted by Gasteiger charge is 2.46. The second kappa shape index (κ2) is 7.70. The number of hydrogen-bond acceptors (Lipinski definition) is 4. The molecule has 2 aromatic rings. The van der Waals surface area contributed by atoms with Crippen LogP contribution >= 0.6 is 0 Å². The largest absolute Gasteiger partial charge is 0.292 e. The van der Waals surface area contributed by atoms with Gasteiger partial charge in [0.05, 0.1) is 5.75 Å². The molecule has 27 heavy (non-hydrogen) atoms. The van der Waals surface area contributed by atoms with Crippen molar-refractivity contribution in [2.45, 2.75) is 43.5 Å². The number of benzene rings is 1. The van der Waals surface area contributed by atoms with Crippen LogP contribution in [0.3, 0.4) is 0 Å². The van der Waals surface area contributed by atoms with E-state index in [0.717, 1.165) is 44.3 Å². The minimum atomic E-state index is -3.30. The summed E-state index contributed by atoms with van der Waals surface area (Å²) in [5, 5.41) is 0. The Labute approximate surface area is 162 Å². The van der Waals surface area contributed by atoms with Gasteiger partial charge in [0.15, 0.2) is 0 Å². The molecule has 0 saturated carbocycles. The van der Waals surface area contributed by atoms with E-state index >= 15 is 0 Å². The molecule has 0 radical (unpaired) electrons. The zero-order chi connectivity index (χ0) is 18.7. The predicted octanol–water partition coefficient (Wildman–Crippen LogP) is 3.04. The molecule has 0 amide bonds. The maximum absolute atomic E-state index is 13.1. The van der Waals surface area contributed by atoms with Gasteiger partial charge in [-0.1, -0.05) is 30.3 Å². The highest BCUT2D eigenvalue weighted by Crippen LogP contribution is 2.39. The van der Waals surface area contributed by atoms with Crippen LogP contribution in [-0.4, -0.2) is 47.8 Å². The monoisotopic (exact) mass is 385 g/mol. The average molecular weight is 386 g/mol. The molecule has 0 aliphatic carbocycles. The minimum Gasteiger partial charge on any atom is -0.292 e. The molecule has 6 heteroatoms. The van der Waals surface area contributed by atoms with Gasteiger partial charge in [0, 0.05) is 37.6 Å². The zero-order valence-electron chi connectivity index (χ0n) is 15.6. The molecular weight excluding hydrogens is 358 g/mol. The zero-order valence-corrected chi connectivity index (χ0v) is 16.4. The summed E-state index contributed by atoms with van der Waals surface area (Å²) in [6.07, 6.45) is 7.88. The van der Waals surface area contributed by atoms with Gasteiger partial charge in [-0.25, -0.2) is 8.42 Å². The highest BCUT2D eigenvalue weighted by atomic mass is 32.2. The molecule has 1 spiro atoms. The molecular formula is C21H27N3O2S. The number of piperidine rings is 1. The van der Waals surface area contributed by atoms with Gasteiger partial charge in [-0.2, -0.15) is 4.31 Å². The molecule has 2 aliphatic heterocycles. The summed E-state index contributed by atoms with van der Waals surface area (Å²) in [6.45, 7) is 3.16. The highest BCUT2D eigenvalue weighted by molar-refractivity contribution is 7.88. The molecule has 1 atom stereocenters. The van der Waals surface area contributed by atoms with E-state index in [0.29, 0.717) is 13.1 Å². The van der Waals surface area contributed by atoms with Crippen LogP contribution in [0.4, 0.5) is 0 Å². The van der Waals surface area contributed by atoms with Gasteiger partial charge in [0.25, 0.3) is 0 Å². The SMILES string of the molecule is O=S(=O)(Cc1ccccc1)N1CCCC2(CCCN2Cc2ccncc2)C1. The molecule has 2 saturated heterocycles. The van der Waals surface area contributed by atoms with Crippen molar-refractivity contribution >= 4 is 10.0 Å². The van der Waals surface area contributed by atoms with Crippen molar-refractivity contribution in [3.05, 3.63) is 66.0 Å². The second-order valence-electron chi connectivity index (χ2n) is 7.78. The van der Waals surface area contributed by atoms with E-state index < -0.39 is 10.0 Å². The second-order valence-corrected chi connectivity index (χ2v) is 9.75. The summed E-state index contributed by atoms with van der Waals surface area (Å²) < 4.78 is 27.9. The molecule has 0 N–H and O–H groups in total. The first-order chi connectivity index (χ1) is 13.1. The lowest BCUT2D eigenvalue weighted by atomic mass is 9.87. The van der Waals surface area contributed by atoms with E-state index in [1.807, 2.05) is 42.7 Å². The van der Waals surface area contributed by atoms with Crippen molar-refractivity contribution in [3.8, 4) is 0 Å². The van der Waals surface area contributed by atoms with Crippen molar-refractivity contribution < 1.29 is 8.42 Å². The van der Waals surface area contributed by atoms with Gasteiger partial charge in [0.2, 0.25) is 10.0 Å². The third-order valence-electron chi connectivity index (χ3n) is 5.97. The maximum atomic E-state index is 13.1. The van der Waals surface area contributed by atoms with Crippen LogP contribution in [0, 0.1) is 0 Å². The predicted molar refractivity (Wildman–Crippen MR) is 106 cm³/mol. The normalized spacial score (nSPS) is 24.4. The first-order valence-electron chi connectivity index (χ1n) is 9.73. The third-order valence-corrected chi connectivity index (χ3v) is 7.77. The van der Waals surface area contributed by atoms with Gasteiger partial charge in [-0.3, -0.25) is 9.88 Å². The van der Waals surface area contributed by atoms with E-state index in [-0.39, 0.29) is 11.3 Å². The van der Waals surface area contributed by atoms with Crippen molar-refractivity contribution in [2.75, 3.05) is 19.6 Å². The van der Waals surface area contributed by atoms with Crippen molar-refractivity contribution in [1.82, 2.24) is 14.2 Å². The minimum absolute atomic E-state index is 0.0225. The summed E-state index contributed by atoms with van der Waals surface area (Å²) in [5.41, 5.74) is 2.08. The Morgan fingerprint density at radius 3 is 2.37 bits per heavy atom. The Kier molecular flexibility index (Phi) is 5.30. The Hall–Kier alpha value is -1.76. The standard InChI is InChI=1S/C21H27N3O2S/c25-27(26,17-20-6-2-1-3-7-20)24-15-5-11-21(18-24)10-4-14-23(21)16-19-8-12-22-13-9-19/h1-3,6-9,12-13H,4-5,10-11,14-18H2. The molecule has 1 aromatic heterocycles. The smallest absolute Gasteiger partial charge is 0.218 e. The summed E-state index contributed by atoms with van der Waals surface area (Å²) in [5.74, 6) is 0.0915. The van der Waals surface area contributed by atoms with Crippen LogP contribution < -0.4 is 0 Å². The van der Waals surface area contributed by atoms with E-state index in [1.165, 1.54) is 5.56 Å². The first kappa shape index (κ1) is 18.6. The lowest BCUT2D eigenvalue weighted by Gasteiger charge is -2.45. The van der Waals surface area contributed by atoms with Crippen molar-refractivity contribution in [2.24, 2.45) is 0 Å². The Balaban J connectivity index is 1.51. The maximum Gasteiger partial charge on any atom is 0.218 e. The Morgan fingerprint density at radius 1 is 0.926 bits per heavy atom. The molecule has 2 aliphatic rings. The molecule has 5 nitrogen and oxygen atoms in total. The summed E-state index contributed by atoms with van der Waals surface area (Å²) in [6, 6.07) is 13.6. The average Bonchev–Trinajstić information content (AvgIpc) is 3.04. The Bertz CT molecular complexity index is 858. The number of hydrogen-bond donors (Lipinski definition) is 0. The van der Waals surface area contributed by atoms with Crippen LogP contribution in [0.5, 0.6) is 0 Å². The van der Waals surface area contributed by atoms with Crippen LogP contribution in [-0.2, 0) is 22.3 Å². The third kappa shape index (κ3) is 4.08. The molecule has 144 valence electrons. The van der Waals surface area contributed by atoms with Crippen molar-refractivity contribution in [1.29, 1.82) is 0 Å². The number of likely N-dealkylation sites (tertiary alicyclic amines) is 1. The first-order valence-corrected chi connectivity index (χ1v) is 11.3. The van der Waals surface area contributed by atoms with Crippen LogP contribution in [0.2, 0.25) is 0 Å². The molecule has 1 unspecified atom stereocenters. The molecule has 1 aromatic carbocycles. The van der Waals surface area contributed by atoms with Crippen LogP contribution in [0.25, 0.3) is 0 Å². The number of sulfonamides is 1. The van der Waals surface area contributed by atoms with Crippen LogP contribution in [0.1, 0.15) is 36.8 Å². The number of pyridine rings is 1. The molecule has 4 rings (SSSR count). The van der Waals surface area contributed by atoms with Crippen LogP contribution in [0.15, 0.2) is 54.9 Å². The van der Waals surface area contributed by atoms with E-state index in [1.54, 1.807) is 4.31 Å². The van der Waals surface area contributed by atoms with Gasteiger partial charge >= 0.3 is 0 Å². The van der Waals surface area contributed by atoms with E-state index in [4.69, 9.17) is 0 Å². The van der Waals surface area contributed by atoms with Gasteiger partial charge in [0.1, 0.15) is 0 Å². The Morgan fingerprint density at radius 2 is 1.63 bits per heavy atom. The lowest BCUT2D eigenvalue weighted by Crippen LogP contribution is -2.56. The van der Waals surface area contributed by atoms with Gasteiger partial charge < -0.3 is 0 Å². The van der Waals surface area contributed by atoms with E-state index in [9.17, 15) is 8.42 Å². The van der Waals surface area contributed by atoms with Gasteiger partial charge in [-0.05, 0) is 55.5 Å². The van der Waals surface area contributed by atoms with Crippen molar-refractivity contribution in [3.63, 3.8) is 0 Å². The number of nitrogens with zero attached hydrogens (tertiary/aromatic N) is 3. The quantitative estimate of drug-likeness (QED) is 0.794.